The molecular formula is C14H19BrN4S. The molecule has 0 saturated carbocycles. The van der Waals surface area contributed by atoms with E-state index in [-0.39, 0.29) is 6.04 Å². The van der Waals surface area contributed by atoms with Gasteiger partial charge in [-0.05, 0) is 48.3 Å². The SMILES string of the molecule is CCCNc1ncc(Br)c(NC(C)c2ccc(C)s2)n1. The molecule has 0 aliphatic rings. The van der Waals surface area contributed by atoms with E-state index in [4.69, 9.17) is 0 Å². The molecule has 0 radical (unpaired) electrons. The van der Waals surface area contributed by atoms with Gasteiger partial charge in [0.05, 0.1) is 10.5 Å². The average molecular weight is 355 g/mol. The van der Waals surface area contributed by atoms with E-state index in [1.165, 1.54) is 9.75 Å². The second-order valence-corrected chi connectivity index (χ2v) is 6.81. The van der Waals surface area contributed by atoms with Gasteiger partial charge in [-0.2, -0.15) is 4.98 Å². The van der Waals surface area contributed by atoms with Gasteiger partial charge in [-0.1, -0.05) is 6.92 Å². The summed E-state index contributed by atoms with van der Waals surface area (Å²) < 4.78 is 0.875. The maximum atomic E-state index is 4.51. The number of halogens is 1. The van der Waals surface area contributed by atoms with E-state index in [0.29, 0.717) is 5.95 Å². The second kappa shape index (κ2) is 7.04. The van der Waals surface area contributed by atoms with Gasteiger partial charge < -0.3 is 10.6 Å². The summed E-state index contributed by atoms with van der Waals surface area (Å²) in [6.45, 7) is 7.25. The smallest absolute Gasteiger partial charge is 0.224 e. The Morgan fingerprint density at radius 2 is 2.20 bits per heavy atom. The third-order valence-corrected chi connectivity index (χ3v) is 4.58. The lowest BCUT2D eigenvalue weighted by molar-refractivity contribution is 0.886. The molecule has 0 saturated heterocycles. The quantitative estimate of drug-likeness (QED) is 0.795. The first-order valence-corrected chi connectivity index (χ1v) is 8.30. The molecular weight excluding hydrogens is 336 g/mol. The summed E-state index contributed by atoms with van der Waals surface area (Å²) in [7, 11) is 0. The number of aryl methyl sites for hydroxylation is 1. The van der Waals surface area contributed by atoms with Crippen LogP contribution in [0.2, 0.25) is 0 Å². The van der Waals surface area contributed by atoms with E-state index >= 15 is 0 Å². The van der Waals surface area contributed by atoms with E-state index in [2.05, 4.69) is 69.4 Å². The molecule has 0 fully saturated rings. The fourth-order valence-electron chi connectivity index (χ4n) is 1.75. The Morgan fingerprint density at radius 1 is 1.40 bits per heavy atom. The zero-order chi connectivity index (χ0) is 14.5. The molecule has 108 valence electrons. The summed E-state index contributed by atoms with van der Waals surface area (Å²) in [5.41, 5.74) is 0. The molecule has 6 heteroatoms. The Balaban J connectivity index is 2.11. The molecule has 2 aromatic rings. The van der Waals surface area contributed by atoms with Crippen molar-refractivity contribution in [3.8, 4) is 0 Å². The van der Waals surface area contributed by atoms with Crippen molar-refractivity contribution in [2.75, 3.05) is 17.2 Å². The number of aromatic nitrogens is 2. The van der Waals surface area contributed by atoms with Gasteiger partial charge in [0.2, 0.25) is 5.95 Å². The summed E-state index contributed by atoms with van der Waals surface area (Å²) in [5.74, 6) is 1.48. The van der Waals surface area contributed by atoms with E-state index in [1.54, 1.807) is 17.5 Å². The summed E-state index contributed by atoms with van der Waals surface area (Å²) in [4.78, 5) is 11.4. The minimum absolute atomic E-state index is 0.221. The topological polar surface area (TPSA) is 49.8 Å². The molecule has 20 heavy (non-hydrogen) atoms. The van der Waals surface area contributed by atoms with Gasteiger partial charge in [0.1, 0.15) is 5.82 Å². The van der Waals surface area contributed by atoms with Crippen LogP contribution in [0.3, 0.4) is 0 Å². The van der Waals surface area contributed by atoms with Crippen LogP contribution < -0.4 is 10.6 Å². The van der Waals surface area contributed by atoms with E-state index in [0.717, 1.165) is 23.3 Å². The molecule has 4 nitrogen and oxygen atoms in total. The highest BCUT2D eigenvalue weighted by atomic mass is 79.9. The van der Waals surface area contributed by atoms with Crippen LogP contribution in [0.4, 0.5) is 11.8 Å². The zero-order valence-electron chi connectivity index (χ0n) is 11.9. The minimum atomic E-state index is 0.221. The Morgan fingerprint density at radius 3 is 2.85 bits per heavy atom. The molecule has 2 heterocycles. The van der Waals surface area contributed by atoms with E-state index < -0.39 is 0 Å². The molecule has 0 spiro atoms. The molecule has 0 amide bonds. The summed E-state index contributed by atoms with van der Waals surface area (Å²) >= 11 is 5.30. The predicted octanol–water partition coefficient (Wildman–Crippen LogP) is 4.60. The first-order valence-electron chi connectivity index (χ1n) is 6.69. The Kier molecular flexibility index (Phi) is 5.37. The van der Waals surface area contributed by atoms with Crippen molar-refractivity contribution >= 4 is 39.0 Å². The molecule has 2 N–H and O–H groups in total. The van der Waals surface area contributed by atoms with Gasteiger partial charge in [0.15, 0.2) is 0 Å². The van der Waals surface area contributed by atoms with Gasteiger partial charge in [0, 0.05) is 22.5 Å². The largest absolute Gasteiger partial charge is 0.362 e. The first-order chi connectivity index (χ1) is 9.60. The maximum Gasteiger partial charge on any atom is 0.224 e. The number of anilines is 2. The predicted molar refractivity (Wildman–Crippen MR) is 89.6 cm³/mol. The van der Waals surface area contributed by atoms with Crippen molar-refractivity contribution in [1.82, 2.24) is 9.97 Å². The number of thiophene rings is 1. The van der Waals surface area contributed by atoms with E-state index in [9.17, 15) is 0 Å². The van der Waals surface area contributed by atoms with Gasteiger partial charge in [0.25, 0.3) is 0 Å². The first kappa shape index (κ1) is 15.3. The fourth-order valence-corrected chi connectivity index (χ4v) is 2.94. The highest BCUT2D eigenvalue weighted by Gasteiger charge is 2.11. The number of hydrogen-bond donors (Lipinski definition) is 2. The van der Waals surface area contributed by atoms with Crippen LogP contribution in [0.1, 0.15) is 36.1 Å². The summed E-state index contributed by atoms with van der Waals surface area (Å²) in [6.07, 6.45) is 2.83. The van der Waals surface area contributed by atoms with Crippen LogP contribution in [-0.2, 0) is 0 Å². The standard InChI is InChI=1S/C14H19BrN4S/c1-4-7-16-14-17-8-11(15)13(19-14)18-10(3)12-6-5-9(2)20-12/h5-6,8,10H,4,7H2,1-3H3,(H2,16,17,18,19). The molecule has 0 aliphatic heterocycles. The molecule has 1 unspecified atom stereocenters. The summed E-state index contributed by atoms with van der Waals surface area (Å²) in [5, 5.41) is 6.63. The van der Waals surface area contributed by atoms with E-state index in [1.807, 2.05) is 0 Å². The molecule has 0 bridgehead atoms. The average Bonchev–Trinajstić information content (AvgIpc) is 2.86. The minimum Gasteiger partial charge on any atom is -0.362 e. The van der Waals surface area contributed by atoms with Gasteiger partial charge in [-0.3, -0.25) is 0 Å². The lowest BCUT2D eigenvalue weighted by Gasteiger charge is -2.15. The lowest BCUT2D eigenvalue weighted by atomic mass is 10.2. The monoisotopic (exact) mass is 354 g/mol. The normalized spacial score (nSPS) is 12.2. The number of rotatable bonds is 6. The van der Waals surface area contributed by atoms with Crippen molar-refractivity contribution in [2.24, 2.45) is 0 Å². The molecule has 0 aromatic carbocycles. The highest BCUT2D eigenvalue weighted by Crippen LogP contribution is 2.28. The van der Waals surface area contributed by atoms with Gasteiger partial charge >= 0.3 is 0 Å². The van der Waals surface area contributed by atoms with Crippen LogP contribution >= 0.6 is 27.3 Å². The molecule has 2 aromatic heterocycles. The third-order valence-electron chi connectivity index (χ3n) is 2.82. The Labute approximate surface area is 132 Å². The van der Waals surface area contributed by atoms with Crippen LogP contribution in [0.25, 0.3) is 0 Å². The number of nitrogens with zero attached hydrogens (tertiary/aromatic N) is 2. The Bertz CT molecular complexity index is 570. The molecule has 1 atom stereocenters. The number of nitrogens with one attached hydrogen (secondary N) is 2. The molecule has 0 aliphatic carbocycles. The Hall–Kier alpha value is -1.14. The van der Waals surface area contributed by atoms with Crippen LogP contribution in [0.15, 0.2) is 22.8 Å². The third kappa shape index (κ3) is 3.93. The summed E-state index contributed by atoms with van der Waals surface area (Å²) in [6, 6.07) is 4.52. The fraction of sp³-hybridized carbons (Fsp3) is 0.429. The van der Waals surface area contributed by atoms with Crippen molar-refractivity contribution in [3.05, 3.63) is 32.6 Å². The van der Waals surface area contributed by atoms with Gasteiger partial charge in [-0.15, -0.1) is 11.3 Å². The van der Waals surface area contributed by atoms with Crippen LogP contribution in [0, 0.1) is 6.92 Å². The highest BCUT2D eigenvalue weighted by molar-refractivity contribution is 9.10. The second-order valence-electron chi connectivity index (χ2n) is 4.63. The maximum absolute atomic E-state index is 4.51. The van der Waals surface area contributed by atoms with Crippen molar-refractivity contribution in [2.45, 2.75) is 33.2 Å². The zero-order valence-corrected chi connectivity index (χ0v) is 14.3. The van der Waals surface area contributed by atoms with Crippen molar-refractivity contribution in [1.29, 1.82) is 0 Å². The van der Waals surface area contributed by atoms with Crippen molar-refractivity contribution < 1.29 is 0 Å². The number of hydrogen-bond acceptors (Lipinski definition) is 5. The molecule has 2 rings (SSSR count). The lowest BCUT2D eigenvalue weighted by Crippen LogP contribution is -2.10. The van der Waals surface area contributed by atoms with Crippen LogP contribution in [-0.4, -0.2) is 16.5 Å². The van der Waals surface area contributed by atoms with Gasteiger partial charge in [-0.25, -0.2) is 4.98 Å². The van der Waals surface area contributed by atoms with Crippen molar-refractivity contribution in [3.63, 3.8) is 0 Å². The van der Waals surface area contributed by atoms with Crippen LogP contribution in [0.5, 0.6) is 0 Å².